The first-order chi connectivity index (χ1) is 5.06. The molecule has 66 valence electrons. The molecule has 0 heterocycles. The average Bonchev–Trinajstić information content (AvgIpc) is 1.85. The number of alkyl halides is 1. The Morgan fingerprint density at radius 2 is 1.91 bits per heavy atom. The number of carboxylic acid groups (broad SMARTS) is 1. The Kier molecular flexibility index (Phi) is 5.19. The van der Waals surface area contributed by atoms with E-state index >= 15 is 0 Å². The zero-order chi connectivity index (χ0) is 8.85. The summed E-state index contributed by atoms with van der Waals surface area (Å²) in [6.45, 7) is 0. The number of carboxylic acids is 1. The number of hydrogen-bond donors (Lipinski definition) is 3. The molecule has 0 rings (SSSR count). The minimum Gasteiger partial charge on any atom is -0.481 e. The van der Waals surface area contributed by atoms with Crippen LogP contribution in [0.15, 0.2) is 0 Å². The molecule has 0 saturated heterocycles. The number of aliphatic hydroxyl groups is 2. The standard InChI is InChI=1S/C6H11ClO4/c7-3-5(9)1-4(8)2-6(10)11/h4-5,8-9H,1-3H2,(H,10,11)/t4?,5-/m0/s1. The van der Waals surface area contributed by atoms with E-state index in [1.54, 1.807) is 0 Å². The van der Waals surface area contributed by atoms with Crippen molar-refractivity contribution in [2.75, 3.05) is 5.88 Å². The van der Waals surface area contributed by atoms with Gasteiger partial charge in [-0.3, -0.25) is 4.79 Å². The van der Waals surface area contributed by atoms with Crippen LogP contribution >= 0.6 is 11.6 Å². The van der Waals surface area contributed by atoms with E-state index in [2.05, 4.69) is 0 Å². The monoisotopic (exact) mass is 182 g/mol. The van der Waals surface area contributed by atoms with Gasteiger partial charge < -0.3 is 15.3 Å². The molecule has 0 aromatic rings. The maximum Gasteiger partial charge on any atom is 0.305 e. The first-order valence-electron chi connectivity index (χ1n) is 3.20. The van der Waals surface area contributed by atoms with E-state index in [1.165, 1.54) is 0 Å². The summed E-state index contributed by atoms with van der Waals surface area (Å²) >= 11 is 5.22. The second-order valence-electron chi connectivity index (χ2n) is 2.30. The highest BCUT2D eigenvalue weighted by Crippen LogP contribution is 2.03. The largest absolute Gasteiger partial charge is 0.481 e. The van der Waals surface area contributed by atoms with Crippen molar-refractivity contribution in [3.05, 3.63) is 0 Å². The maximum atomic E-state index is 10.0. The van der Waals surface area contributed by atoms with Crippen LogP contribution in [0.4, 0.5) is 0 Å². The zero-order valence-electron chi connectivity index (χ0n) is 5.90. The molecule has 0 amide bonds. The van der Waals surface area contributed by atoms with Crippen molar-refractivity contribution in [1.29, 1.82) is 0 Å². The fourth-order valence-electron chi connectivity index (χ4n) is 0.662. The van der Waals surface area contributed by atoms with Crippen LogP contribution < -0.4 is 0 Å². The molecule has 0 aromatic heterocycles. The predicted octanol–water partition coefficient (Wildman–Crippen LogP) is -0.188. The lowest BCUT2D eigenvalue weighted by Gasteiger charge is -2.10. The number of carbonyl (C=O) groups is 1. The van der Waals surface area contributed by atoms with Crippen molar-refractivity contribution >= 4 is 17.6 Å². The summed E-state index contributed by atoms with van der Waals surface area (Å²) < 4.78 is 0. The summed E-state index contributed by atoms with van der Waals surface area (Å²) in [4.78, 5) is 10.0. The molecule has 5 heteroatoms. The van der Waals surface area contributed by atoms with E-state index in [9.17, 15) is 4.79 Å². The van der Waals surface area contributed by atoms with Crippen LogP contribution in [0.25, 0.3) is 0 Å². The van der Waals surface area contributed by atoms with E-state index in [-0.39, 0.29) is 18.7 Å². The molecule has 1 unspecified atom stereocenters. The van der Waals surface area contributed by atoms with Crippen LogP contribution in [-0.4, -0.2) is 39.4 Å². The molecule has 4 nitrogen and oxygen atoms in total. The molecule has 0 bridgehead atoms. The second-order valence-corrected chi connectivity index (χ2v) is 2.60. The normalized spacial score (nSPS) is 15.9. The quantitative estimate of drug-likeness (QED) is 0.515. The van der Waals surface area contributed by atoms with Gasteiger partial charge in [-0.1, -0.05) is 0 Å². The van der Waals surface area contributed by atoms with Gasteiger partial charge in [0.15, 0.2) is 0 Å². The van der Waals surface area contributed by atoms with Gasteiger partial charge >= 0.3 is 5.97 Å². The Hall–Kier alpha value is -0.320. The highest BCUT2D eigenvalue weighted by molar-refractivity contribution is 6.18. The van der Waals surface area contributed by atoms with Gasteiger partial charge in [0.1, 0.15) is 0 Å². The Bertz CT molecular complexity index is 128. The lowest BCUT2D eigenvalue weighted by Crippen LogP contribution is -2.21. The van der Waals surface area contributed by atoms with E-state index in [0.29, 0.717) is 0 Å². The van der Waals surface area contributed by atoms with Crippen LogP contribution in [0.5, 0.6) is 0 Å². The Balaban J connectivity index is 3.51. The summed E-state index contributed by atoms with van der Waals surface area (Å²) in [6, 6.07) is 0. The molecular weight excluding hydrogens is 172 g/mol. The lowest BCUT2D eigenvalue weighted by molar-refractivity contribution is -0.139. The summed E-state index contributed by atoms with van der Waals surface area (Å²) in [5.74, 6) is -1.07. The molecule has 0 aliphatic carbocycles. The van der Waals surface area contributed by atoms with Gasteiger partial charge in [-0.05, 0) is 0 Å². The first kappa shape index (κ1) is 10.7. The van der Waals surface area contributed by atoms with Crippen molar-refractivity contribution in [2.24, 2.45) is 0 Å². The molecule has 0 aromatic carbocycles. The summed E-state index contributed by atoms with van der Waals surface area (Å²) in [6.07, 6.45) is -2.18. The fraction of sp³-hybridized carbons (Fsp3) is 0.833. The zero-order valence-corrected chi connectivity index (χ0v) is 6.66. The molecular formula is C6H11ClO4. The third-order valence-electron chi connectivity index (χ3n) is 1.13. The van der Waals surface area contributed by atoms with Crippen molar-refractivity contribution in [3.8, 4) is 0 Å². The van der Waals surface area contributed by atoms with Crippen LogP contribution in [0.3, 0.4) is 0 Å². The van der Waals surface area contributed by atoms with Crippen molar-refractivity contribution in [1.82, 2.24) is 0 Å². The first-order valence-corrected chi connectivity index (χ1v) is 3.73. The van der Waals surface area contributed by atoms with Crippen LogP contribution in [0.2, 0.25) is 0 Å². The van der Waals surface area contributed by atoms with Crippen LogP contribution in [0, 0.1) is 0 Å². The van der Waals surface area contributed by atoms with Crippen LogP contribution in [0.1, 0.15) is 12.8 Å². The molecule has 2 atom stereocenters. The average molecular weight is 183 g/mol. The molecule has 0 spiro atoms. The minimum absolute atomic E-state index is 0.00972. The number of halogens is 1. The topological polar surface area (TPSA) is 77.8 Å². The predicted molar refractivity (Wildman–Crippen MR) is 39.6 cm³/mol. The fourth-order valence-corrected chi connectivity index (χ4v) is 0.788. The summed E-state index contributed by atoms with van der Waals surface area (Å²) in [7, 11) is 0. The molecule has 0 saturated carbocycles. The van der Waals surface area contributed by atoms with Gasteiger partial charge in [0.2, 0.25) is 0 Å². The lowest BCUT2D eigenvalue weighted by atomic mass is 10.1. The number of hydrogen-bond acceptors (Lipinski definition) is 3. The third kappa shape index (κ3) is 6.09. The van der Waals surface area contributed by atoms with Gasteiger partial charge in [0, 0.05) is 12.3 Å². The van der Waals surface area contributed by atoms with Crippen molar-refractivity contribution < 1.29 is 20.1 Å². The van der Waals surface area contributed by atoms with Gasteiger partial charge in [0.25, 0.3) is 0 Å². The third-order valence-corrected chi connectivity index (χ3v) is 1.49. The summed E-state index contributed by atoms with van der Waals surface area (Å²) in [5.41, 5.74) is 0. The Morgan fingerprint density at radius 3 is 2.27 bits per heavy atom. The molecule has 0 aliphatic rings. The molecule has 0 fully saturated rings. The smallest absolute Gasteiger partial charge is 0.305 e. The van der Waals surface area contributed by atoms with E-state index in [1.807, 2.05) is 0 Å². The minimum atomic E-state index is -1.08. The van der Waals surface area contributed by atoms with Gasteiger partial charge in [-0.15, -0.1) is 11.6 Å². The second kappa shape index (κ2) is 5.35. The van der Waals surface area contributed by atoms with E-state index in [4.69, 9.17) is 26.9 Å². The van der Waals surface area contributed by atoms with Crippen molar-refractivity contribution in [3.63, 3.8) is 0 Å². The Morgan fingerprint density at radius 1 is 1.36 bits per heavy atom. The summed E-state index contributed by atoms with van der Waals surface area (Å²) in [5, 5.41) is 26.0. The molecule has 3 N–H and O–H groups in total. The Labute approximate surface area is 69.4 Å². The highest BCUT2D eigenvalue weighted by atomic mass is 35.5. The van der Waals surface area contributed by atoms with Crippen molar-refractivity contribution in [2.45, 2.75) is 25.0 Å². The SMILES string of the molecule is O=C(O)CC(O)C[C@H](O)CCl. The number of aliphatic carboxylic acids is 1. The van der Waals surface area contributed by atoms with E-state index < -0.39 is 18.2 Å². The highest BCUT2D eigenvalue weighted by Gasteiger charge is 2.13. The number of aliphatic hydroxyl groups excluding tert-OH is 2. The molecule has 11 heavy (non-hydrogen) atoms. The molecule has 0 radical (unpaired) electrons. The van der Waals surface area contributed by atoms with Gasteiger partial charge in [-0.25, -0.2) is 0 Å². The van der Waals surface area contributed by atoms with Gasteiger partial charge in [0.05, 0.1) is 18.6 Å². The van der Waals surface area contributed by atoms with Gasteiger partial charge in [-0.2, -0.15) is 0 Å². The molecule has 0 aliphatic heterocycles. The number of rotatable bonds is 5. The van der Waals surface area contributed by atoms with E-state index in [0.717, 1.165) is 0 Å². The maximum absolute atomic E-state index is 10.0. The van der Waals surface area contributed by atoms with Crippen LogP contribution in [-0.2, 0) is 4.79 Å².